The van der Waals surface area contributed by atoms with E-state index in [0.717, 1.165) is 30.4 Å². The highest BCUT2D eigenvalue weighted by Crippen LogP contribution is 2.30. The van der Waals surface area contributed by atoms with Crippen LogP contribution in [-0.2, 0) is 4.74 Å². The van der Waals surface area contributed by atoms with Crippen LogP contribution in [0.15, 0.2) is 22.7 Å². The van der Waals surface area contributed by atoms with Crippen molar-refractivity contribution >= 4 is 33.5 Å². The number of rotatable bonds is 3. The first-order valence-electron chi connectivity index (χ1n) is 6.90. The van der Waals surface area contributed by atoms with Crippen molar-refractivity contribution in [3.05, 3.63) is 33.3 Å². The van der Waals surface area contributed by atoms with E-state index in [9.17, 15) is 4.79 Å². The van der Waals surface area contributed by atoms with Gasteiger partial charge in [0.05, 0.1) is 23.7 Å². The Balaban J connectivity index is 2.09. The monoisotopic (exact) mass is 360 g/mol. The molecule has 2 N–H and O–H groups in total. The van der Waals surface area contributed by atoms with Crippen LogP contribution >= 0.6 is 27.5 Å². The molecule has 1 aromatic rings. The lowest BCUT2D eigenvalue weighted by atomic mass is 9.83. The maximum Gasteiger partial charge on any atom is 0.340 e. The Hall–Kier alpha value is -0.580. The largest absolute Gasteiger partial charge is 0.456 e. The molecule has 0 aromatic heterocycles. The summed E-state index contributed by atoms with van der Waals surface area (Å²) < 4.78 is 6.58. The highest BCUT2D eigenvalue weighted by Gasteiger charge is 2.35. The third-order valence-corrected chi connectivity index (χ3v) is 4.73. The fourth-order valence-corrected chi connectivity index (χ4v) is 3.40. The van der Waals surface area contributed by atoms with Gasteiger partial charge in [0.25, 0.3) is 0 Å². The second-order valence-corrected chi connectivity index (χ2v) is 7.08. The summed E-state index contributed by atoms with van der Waals surface area (Å²) in [4.78, 5) is 12.3. The predicted octanol–water partition coefficient (Wildman–Crippen LogP) is 3.01. The van der Waals surface area contributed by atoms with Crippen molar-refractivity contribution in [2.45, 2.75) is 32.3 Å². The zero-order chi connectivity index (χ0) is 14.8. The van der Waals surface area contributed by atoms with E-state index < -0.39 is 5.60 Å². The van der Waals surface area contributed by atoms with Crippen LogP contribution in [0.5, 0.6) is 0 Å². The molecule has 110 valence electrons. The molecule has 1 aliphatic heterocycles. The van der Waals surface area contributed by atoms with Crippen LogP contribution in [0.3, 0.4) is 0 Å². The van der Waals surface area contributed by atoms with Crippen LogP contribution in [0, 0.1) is 5.92 Å². The van der Waals surface area contributed by atoms with E-state index in [-0.39, 0.29) is 5.97 Å². The highest BCUT2D eigenvalue weighted by molar-refractivity contribution is 9.10. The van der Waals surface area contributed by atoms with Gasteiger partial charge >= 0.3 is 5.97 Å². The van der Waals surface area contributed by atoms with Crippen molar-refractivity contribution < 1.29 is 14.8 Å². The smallest absolute Gasteiger partial charge is 0.340 e. The summed E-state index contributed by atoms with van der Waals surface area (Å²) in [5.74, 6) is 0.0627. The van der Waals surface area contributed by atoms with E-state index in [2.05, 4.69) is 21.2 Å². The minimum absolute atomic E-state index is 0.345. The Morgan fingerprint density at radius 3 is 2.65 bits per heavy atom. The van der Waals surface area contributed by atoms with Gasteiger partial charge in [-0.3, -0.25) is 0 Å². The summed E-state index contributed by atoms with van der Waals surface area (Å²) in [7, 11) is 0. The third kappa shape index (κ3) is 3.74. The number of halogens is 2. The Labute approximate surface area is 133 Å². The molecule has 0 saturated carbocycles. The molecule has 20 heavy (non-hydrogen) atoms. The first-order valence-corrected chi connectivity index (χ1v) is 8.07. The Morgan fingerprint density at radius 2 is 2.05 bits per heavy atom. The topological polar surface area (TPSA) is 42.9 Å². The molecule has 1 aliphatic rings. The van der Waals surface area contributed by atoms with E-state index in [1.807, 2.05) is 13.8 Å². The third-order valence-electron chi connectivity index (χ3n) is 3.93. The molecule has 1 heterocycles. The number of carbonyl (C=O) groups is 1. The molecule has 3 nitrogen and oxygen atoms in total. The quantitative estimate of drug-likeness (QED) is 0.841. The molecule has 1 fully saturated rings. The summed E-state index contributed by atoms with van der Waals surface area (Å²) in [6, 6.07) is 5.20. The number of carbonyl (C=O) groups excluding carboxylic acids is 1. The van der Waals surface area contributed by atoms with Gasteiger partial charge in [0.2, 0.25) is 0 Å². The summed E-state index contributed by atoms with van der Waals surface area (Å²) >= 11 is 9.43. The molecular weight excluding hydrogens is 342 g/mol. The van der Waals surface area contributed by atoms with Crippen molar-refractivity contribution in [3.8, 4) is 0 Å². The van der Waals surface area contributed by atoms with Gasteiger partial charge in [0.1, 0.15) is 5.60 Å². The molecule has 0 amide bonds. The zero-order valence-electron chi connectivity index (χ0n) is 11.8. The predicted molar refractivity (Wildman–Crippen MR) is 83.0 cm³/mol. The lowest BCUT2D eigenvalue weighted by molar-refractivity contribution is -0.665. The van der Waals surface area contributed by atoms with Crippen LogP contribution in [-0.4, -0.2) is 24.7 Å². The minimum atomic E-state index is -0.457. The number of nitrogens with two attached hydrogens (primary N) is 1. The van der Waals surface area contributed by atoms with Crippen LogP contribution < -0.4 is 5.32 Å². The van der Waals surface area contributed by atoms with Crippen molar-refractivity contribution in [2.75, 3.05) is 13.1 Å². The number of ether oxygens (including phenoxy) is 1. The molecule has 0 spiro atoms. The fourth-order valence-electron chi connectivity index (χ4n) is 2.65. The fraction of sp³-hybridized carbons (Fsp3) is 0.533. The van der Waals surface area contributed by atoms with Gasteiger partial charge in [-0.1, -0.05) is 27.5 Å². The summed E-state index contributed by atoms with van der Waals surface area (Å²) in [6.07, 6.45) is 2.16. The number of quaternary nitrogens is 1. The molecular formula is C15H20BrClNO2+. The summed E-state index contributed by atoms with van der Waals surface area (Å²) in [6.45, 7) is 6.19. The van der Waals surface area contributed by atoms with Gasteiger partial charge in [0.15, 0.2) is 0 Å². The van der Waals surface area contributed by atoms with Crippen molar-refractivity contribution in [3.63, 3.8) is 0 Å². The van der Waals surface area contributed by atoms with E-state index in [4.69, 9.17) is 16.3 Å². The number of hydrogen-bond acceptors (Lipinski definition) is 2. The van der Waals surface area contributed by atoms with E-state index >= 15 is 0 Å². The second kappa shape index (κ2) is 6.46. The maximum absolute atomic E-state index is 12.3. The molecule has 2 rings (SSSR count). The first kappa shape index (κ1) is 15.8. The Kier molecular flexibility index (Phi) is 5.10. The van der Waals surface area contributed by atoms with Crippen molar-refractivity contribution in [2.24, 2.45) is 5.92 Å². The van der Waals surface area contributed by atoms with Gasteiger partial charge in [0, 0.05) is 23.2 Å². The molecule has 0 radical (unpaired) electrons. The maximum atomic E-state index is 12.3. The second-order valence-electron chi connectivity index (χ2n) is 5.76. The van der Waals surface area contributed by atoms with E-state index in [0.29, 0.717) is 16.5 Å². The Morgan fingerprint density at radius 1 is 1.40 bits per heavy atom. The van der Waals surface area contributed by atoms with E-state index in [1.165, 1.54) is 0 Å². The lowest BCUT2D eigenvalue weighted by Crippen LogP contribution is -2.86. The lowest BCUT2D eigenvalue weighted by Gasteiger charge is -2.35. The van der Waals surface area contributed by atoms with Crippen LogP contribution in [0.1, 0.15) is 37.0 Å². The van der Waals surface area contributed by atoms with Gasteiger partial charge in [-0.15, -0.1) is 0 Å². The van der Waals surface area contributed by atoms with Crippen LogP contribution in [0.2, 0.25) is 5.02 Å². The Bertz CT molecular complexity index is 499. The number of piperidine rings is 1. The van der Waals surface area contributed by atoms with E-state index in [1.54, 1.807) is 18.2 Å². The molecule has 1 saturated heterocycles. The number of esters is 1. The molecule has 0 atom stereocenters. The molecule has 0 unspecified atom stereocenters. The van der Waals surface area contributed by atoms with Crippen LogP contribution in [0.25, 0.3) is 0 Å². The average Bonchev–Trinajstić information content (AvgIpc) is 2.39. The number of benzene rings is 1. The molecule has 1 aromatic carbocycles. The van der Waals surface area contributed by atoms with Gasteiger partial charge in [-0.25, -0.2) is 4.79 Å². The summed E-state index contributed by atoms with van der Waals surface area (Å²) in [5, 5.41) is 2.72. The molecule has 0 aliphatic carbocycles. The van der Waals surface area contributed by atoms with Crippen LogP contribution in [0.4, 0.5) is 0 Å². The van der Waals surface area contributed by atoms with Crippen molar-refractivity contribution in [1.82, 2.24) is 0 Å². The first-order chi connectivity index (χ1) is 9.40. The average molecular weight is 362 g/mol. The zero-order valence-corrected chi connectivity index (χ0v) is 14.1. The molecule has 5 heteroatoms. The number of hydrogen-bond donors (Lipinski definition) is 1. The highest BCUT2D eigenvalue weighted by atomic mass is 79.9. The van der Waals surface area contributed by atoms with Crippen molar-refractivity contribution in [1.29, 1.82) is 0 Å². The standard InChI is InChI=1S/C15H19BrClNO2/c1-15(2,10-5-7-18-8-6-10)20-14(19)12-4-3-11(16)9-13(12)17/h3-4,9-10,18H,5-8H2,1-2H3/p+1. The normalized spacial score (nSPS) is 17.0. The summed E-state index contributed by atoms with van der Waals surface area (Å²) in [5.41, 5.74) is -0.0350. The van der Waals surface area contributed by atoms with Gasteiger partial charge < -0.3 is 10.1 Å². The van der Waals surface area contributed by atoms with Gasteiger partial charge in [-0.2, -0.15) is 0 Å². The van der Waals surface area contributed by atoms with Gasteiger partial charge in [-0.05, 0) is 32.0 Å². The SMILES string of the molecule is CC(C)(OC(=O)c1ccc(Br)cc1Cl)C1CC[NH2+]CC1. The molecule has 0 bridgehead atoms. The minimum Gasteiger partial charge on any atom is -0.456 e.